The van der Waals surface area contributed by atoms with Crippen molar-refractivity contribution < 1.29 is 14.6 Å². The Morgan fingerprint density at radius 2 is 2.07 bits per heavy atom. The normalized spacial score (nSPS) is 17.5. The van der Waals surface area contributed by atoms with E-state index >= 15 is 0 Å². The fraction of sp³-hybridized carbons (Fsp3) is 0.682. The van der Waals surface area contributed by atoms with Crippen LogP contribution in [-0.2, 0) is 11.2 Å². The molecule has 28 heavy (non-hydrogen) atoms. The number of rotatable bonds is 12. The fourth-order valence-electron chi connectivity index (χ4n) is 3.48. The fourth-order valence-corrected chi connectivity index (χ4v) is 3.48. The minimum absolute atomic E-state index is 0.0270. The third-order valence-electron chi connectivity index (χ3n) is 5.02. The molecule has 1 amide bonds. The summed E-state index contributed by atoms with van der Waals surface area (Å²) in [5, 5.41) is 18.2. The predicted octanol–water partition coefficient (Wildman–Crippen LogP) is 2.01. The van der Waals surface area contributed by atoms with Crippen molar-refractivity contribution in [3.05, 3.63) is 29.8 Å². The molecular weight excluding hydrogens is 354 g/mol. The highest BCUT2D eigenvalue weighted by atomic mass is 16.5. The zero-order chi connectivity index (χ0) is 19.9. The maximum Gasteiger partial charge on any atom is 0.221 e. The highest BCUT2D eigenvalue weighted by molar-refractivity contribution is 5.75. The Balaban J connectivity index is 1.61. The van der Waals surface area contributed by atoms with Gasteiger partial charge in [0.2, 0.25) is 5.91 Å². The quantitative estimate of drug-likeness (QED) is 0.410. The van der Waals surface area contributed by atoms with Gasteiger partial charge < -0.3 is 25.8 Å². The van der Waals surface area contributed by atoms with Gasteiger partial charge in [0.05, 0.1) is 13.2 Å². The van der Waals surface area contributed by atoms with E-state index in [0.29, 0.717) is 38.7 Å². The number of ether oxygens (including phenoxy) is 1. The van der Waals surface area contributed by atoms with Crippen LogP contribution in [0.25, 0.3) is 0 Å². The van der Waals surface area contributed by atoms with Crippen LogP contribution in [0.5, 0.6) is 5.75 Å². The van der Waals surface area contributed by atoms with Gasteiger partial charge in [-0.2, -0.15) is 0 Å². The van der Waals surface area contributed by atoms with Gasteiger partial charge >= 0.3 is 0 Å². The van der Waals surface area contributed by atoms with Gasteiger partial charge in [0.1, 0.15) is 5.75 Å². The Morgan fingerprint density at radius 3 is 2.96 bits per heavy atom. The topological polar surface area (TPSA) is 82.6 Å². The van der Waals surface area contributed by atoms with Gasteiger partial charge in [-0.05, 0) is 49.9 Å². The molecule has 0 spiro atoms. The molecule has 1 aliphatic rings. The molecule has 6 nitrogen and oxygen atoms in total. The standard InChI is InChI=1S/C22H37N3O3/c26-15-14-23-13-10-22(27)25-12-6-16-28-21-9-5-7-19(18-21)17-20-8-3-1-2-4-11-24-20/h5,7,9,18,20,23-24,26H,1-4,6,8,10-17H2,(H,25,27). The summed E-state index contributed by atoms with van der Waals surface area (Å²) in [4.78, 5) is 11.7. The number of nitrogens with one attached hydrogen (secondary N) is 3. The van der Waals surface area contributed by atoms with Crippen LogP contribution in [0, 0.1) is 0 Å². The van der Waals surface area contributed by atoms with E-state index in [0.717, 1.165) is 25.1 Å². The SMILES string of the molecule is O=C(CCNCCO)NCCCOc1cccc(CC2CCCCCCN2)c1. The molecule has 2 rings (SSSR count). The van der Waals surface area contributed by atoms with Gasteiger partial charge in [-0.25, -0.2) is 0 Å². The number of aliphatic hydroxyl groups is 1. The number of hydrogen-bond donors (Lipinski definition) is 4. The van der Waals surface area contributed by atoms with Crippen molar-refractivity contribution in [2.75, 3.05) is 39.4 Å². The molecule has 1 fully saturated rings. The van der Waals surface area contributed by atoms with E-state index in [4.69, 9.17) is 9.84 Å². The molecule has 1 unspecified atom stereocenters. The first kappa shape index (κ1) is 22.7. The average molecular weight is 392 g/mol. The van der Waals surface area contributed by atoms with Crippen molar-refractivity contribution in [2.45, 2.75) is 57.4 Å². The Labute approximate surface area is 169 Å². The van der Waals surface area contributed by atoms with Crippen LogP contribution in [0.1, 0.15) is 50.5 Å². The molecule has 158 valence electrons. The summed E-state index contributed by atoms with van der Waals surface area (Å²) in [6.45, 7) is 3.54. The summed E-state index contributed by atoms with van der Waals surface area (Å²) >= 11 is 0. The van der Waals surface area contributed by atoms with E-state index in [1.807, 2.05) is 6.07 Å². The smallest absolute Gasteiger partial charge is 0.221 e. The van der Waals surface area contributed by atoms with Crippen molar-refractivity contribution >= 4 is 5.91 Å². The third kappa shape index (κ3) is 10.1. The molecule has 4 N–H and O–H groups in total. The lowest BCUT2D eigenvalue weighted by Gasteiger charge is -2.21. The number of aliphatic hydroxyl groups excluding tert-OH is 1. The van der Waals surface area contributed by atoms with Crippen molar-refractivity contribution in [1.82, 2.24) is 16.0 Å². The molecule has 1 aliphatic heterocycles. The van der Waals surface area contributed by atoms with Gasteiger partial charge in [-0.15, -0.1) is 0 Å². The average Bonchev–Trinajstić information content (AvgIpc) is 2.67. The Hall–Kier alpha value is -1.63. The van der Waals surface area contributed by atoms with Gasteiger partial charge in [0, 0.05) is 32.1 Å². The summed E-state index contributed by atoms with van der Waals surface area (Å²) in [7, 11) is 0. The molecule has 6 heteroatoms. The predicted molar refractivity (Wildman–Crippen MR) is 113 cm³/mol. The number of carbonyl (C=O) groups excluding carboxylic acids is 1. The third-order valence-corrected chi connectivity index (χ3v) is 5.02. The van der Waals surface area contributed by atoms with Gasteiger partial charge in [0.25, 0.3) is 0 Å². The summed E-state index contributed by atoms with van der Waals surface area (Å²) in [5.41, 5.74) is 1.32. The van der Waals surface area contributed by atoms with E-state index in [9.17, 15) is 4.79 Å². The first-order valence-electron chi connectivity index (χ1n) is 10.8. The molecule has 1 saturated heterocycles. The number of benzene rings is 1. The van der Waals surface area contributed by atoms with Crippen LogP contribution in [0.15, 0.2) is 24.3 Å². The van der Waals surface area contributed by atoms with E-state index < -0.39 is 0 Å². The minimum atomic E-state index is 0.0270. The van der Waals surface area contributed by atoms with Gasteiger partial charge in [0.15, 0.2) is 0 Å². The monoisotopic (exact) mass is 391 g/mol. The molecule has 0 aromatic heterocycles. The molecule has 0 radical (unpaired) electrons. The van der Waals surface area contributed by atoms with E-state index in [1.165, 1.54) is 37.7 Å². The van der Waals surface area contributed by atoms with Crippen LogP contribution in [-0.4, -0.2) is 56.4 Å². The molecule has 1 aromatic rings. The Morgan fingerprint density at radius 1 is 1.18 bits per heavy atom. The summed E-state index contributed by atoms with van der Waals surface area (Å²) in [6.07, 6.45) is 8.83. The zero-order valence-corrected chi connectivity index (χ0v) is 17.0. The van der Waals surface area contributed by atoms with Crippen molar-refractivity contribution in [1.29, 1.82) is 0 Å². The van der Waals surface area contributed by atoms with Crippen molar-refractivity contribution in [3.63, 3.8) is 0 Å². The maximum absolute atomic E-state index is 11.7. The van der Waals surface area contributed by atoms with Gasteiger partial charge in [-0.3, -0.25) is 4.79 Å². The van der Waals surface area contributed by atoms with Crippen molar-refractivity contribution in [2.24, 2.45) is 0 Å². The maximum atomic E-state index is 11.7. The second-order valence-electron chi connectivity index (χ2n) is 7.48. The number of carbonyl (C=O) groups is 1. The summed E-state index contributed by atoms with van der Waals surface area (Å²) in [5.74, 6) is 0.932. The van der Waals surface area contributed by atoms with E-state index in [2.05, 4.69) is 34.1 Å². The lowest BCUT2D eigenvalue weighted by molar-refractivity contribution is -0.121. The number of hydrogen-bond acceptors (Lipinski definition) is 5. The minimum Gasteiger partial charge on any atom is -0.494 e. The molecular formula is C22H37N3O3. The number of amides is 1. The molecule has 1 atom stereocenters. The van der Waals surface area contributed by atoms with Crippen LogP contribution >= 0.6 is 0 Å². The summed E-state index contributed by atoms with van der Waals surface area (Å²) < 4.78 is 5.86. The van der Waals surface area contributed by atoms with Crippen molar-refractivity contribution in [3.8, 4) is 5.75 Å². The first-order valence-corrected chi connectivity index (χ1v) is 10.8. The highest BCUT2D eigenvalue weighted by Gasteiger charge is 2.11. The van der Waals surface area contributed by atoms with Crippen LogP contribution in [0.3, 0.4) is 0 Å². The Bertz CT molecular complexity index is 546. The van der Waals surface area contributed by atoms with Gasteiger partial charge in [-0.1, -0.05) is 31.4 Å². The zero-order valence-electron chi connectivity index (χ0n) is 17.0. The molecule has 0 bridgehead atoms. The first-order chi connectivity index (χ1) is 13.8. The molecule has 1 aromatic carbocycles. The second kappa shape index (κ2) is 14.4. The largest absolute Gasteiger partial charge is 0.494 e. The lowest BCUT2D eigenvalue weighted by Crippen LogP contribution is -2.33. The van der Waals surface area contributed by atoms with E-state index in [1.54, 1.807) is 0 Å². The van der Waals surface area contributed by atoms with Crippen LogP contribution in [0.4, 0.5) is 0 Å². The molecule has 0 aliphatic carbocycles. The van der Waals surface area contributed by atoms with E-state index in [-0.39, 0.29) is 12.5 Å². The Kier molecular flexibility index (Phi) is 11.6. The lowest BCUT2D eigenvalue weighted by atomic mass is 9.98. The van der Waals surface area contributed by atoms with Crippen LogP contribution < -0.4 is 20.7 Å². The summed E-state index contributed by atoms with van der Waals surface area (Å²) in [6, 6.07) is 8.96. The second-order valence-corrected chi connectivity index (χ2v) is 7.48. The van der Waals surface area contributed by atoms with Crippen LogP contribution in [0.2, 0.25) is 0 Å². The molecule has 0 saturated carbocycles. The molecule has 1 heterocycles. The highest BCUT2D eigenvalue weighted by Crippen LogP contribution is 2.18.